The van der Waals surface area contributed by atoms with Crippen molar-refractivity contribution in [2.75, 3.05) is 26.3 Å². The first-order valence-electron chi connectivity index (χ1n) is 12.6. The number of hydrogen-bond acceptors (Lipinski definition) is 5. The summed E-state index contributed by atoms with van der Waals surface area (Å²) in [5.74, 6) is 2.89. The van der Waals surface area contributed by atoms with E-state index >= 15 is 0 Å². The summed E-state index contributed by atoms with van der Waals surface area (Å²) in [7, 11) is 0. The maximum atomic E-state index is 10.8. The lowest BCUT2D eigenvalue weighted by molar-refractivity contribution is 0.166. The second-order valence-corrected chi connectivity index (χ2v) is 9.71. The molecule has 2 aromatic carbocycles. The molecule has 33 heavy (non-hydrogen) atoms. The van der Waals surface area contributed by atoms with Crippen LogP contribution in [0.5, 0.6) is 11.5 Å². The van der Waals surface area contributed by atoms with Crippen molar-refractivity contribution >= 4 is 0 Å². The summed E-state index contributed by atoms with van der Waals surface area (Å²) in [6.07, 6.45) is 6.43. The Balaban J connectivity index is 1.99. The van der Waals surface area contributed by atoms with Gasteiger partial charge in [-0.05, 0) is 104 Å². The average Bonchev–Trinajstić information content (AvgIpc) is 2.76. The van der Waals surface area contributed by atoms with Crippen LogP contribution in [0.4, 0.5) is 0 Å². The summed E-state index contributed by atoms with van der Waals surface area (Å²) in [6, 6.07) is 12.4. The van der Waals surface area contributed by atoms with Crippen molar-refractivity contribution in [3.05, 3.63) is 47.5 Å². The quantitative estimate of drug-likeness (QED) is 0.363. The number of aliphatic hydroxyl groups excluding tert-OH is 1. The average molecular weight is 455 g/mol. The van der Waals surface area contributed by atoms with Crippen LogP contribution < -0.4 is 20.9 Å². The third-order valence-electron chi connectivity index (χ3n) is 6.47. The fraction of sp³-hybridized carbons (Fsp3) is 0.571. The minimum Gasteiger partial charge on any atom is -0.493 e. The van der Waals surface area contributed by atoms with Crippen LogP contribution in [-0.4, -0.2) is 31.4 Å². The minimum atomic E-state index is -0.623. The molecule has 0 saturated heterocycles. The first-order chi connectivity index (χ1) is 16.0. The number of aliphatic hydroxyl groups is 1. The predicted molar refractivity (Wildman–Crippen MR) is 136 cm³/mol. The Labute approximate surface area is 199 Å². The molecule has 5 nitrogen and oxygen atoms in total. The summed E-state index contributed by atoms with van der Waals surface area (Å²) in [4.78, 5) is 0. The molecule has 0 bridgehead atoms. The number of ether oxygens (including phenoxy) is 2. The van der Waals surface area contributed by atoms with Gasteiger partial charge in [-0.15, -0.1) is 0 Å². The van der Waals surface area contributed by atoms with Crippen molar-refractivity contribution < 1.29 is 14.6 Å². The second-order valence-electron chi connectivity index (χ2n) is 9.71. The number of rotatable bonds is 14. The van der Waals surface area contributed by atoms with Crippen molar-refractivity contribution in [2.24, 2.45) is 23.3 Å². The van der Waals surface area contributed by atoms with Gasteiger partial charge in [0, 0.05) is 5.56 Å². The van der Waals surface area contributed by atoms with Crippen LogP contribution in [0.3, 0.4) is 0 Å². The van der Waals surface area contributed by atoms with Crippen molar-refractivity contribution in [2.45, 2.75) is 64.9 Å². The summed E-state index contributed by atoms with van der Waals surface area (Å²) in [5, 5.41) is 10.8. The lowest BCUT2D eigenvalue weighted by atomic mass is 9.86. The molecule has 5 N–H and O–H groups in total. The molecular weight excluding hydrogens is 412 g/mol. The zero-order valence-corrected chi connectivity index (χ0v) is 20.4. The van der Waals surface area contributed by atoms with Crippen LogP contribution in [0.2, 0.25) is 0 Å². The van der Waals surface area contributed by atoms with Crippen molar-refractivity contribution in [1.29, 1.82) is 0 Å². The van der Waals surface area contributed by atoms with Gasteiger partial charge in [0.05, 0.1) is 19.3 Å². The van der Waals surface area contributed by atoms with E-state index in [0.717, 1.165) is 54.1 Å². The van der Waals surface area contributed by atoms with E-state index in [1.807, 2.05) is 12.1 Å². The number of aryl methyl sites for hydroxylation is 1. The largest absolute Gasteiger partial charge is 0.493 e. The molecule has 3 rings (SSSR count). The third kappa shape index (κ3) is 7.46. The molecule has 0 amide bonds. The molecule has 1 aliphatic rings. The van der Waals surface area contributed by atoms with Gasteiger partial charge in [0.2, 0.25) is 0 Å². The highest BCUT2D eigenvalue weighted by atomic mass is 16.5. The van der Waals surface area contributed by atoms with Gasteiger partial charge >= 0.3 is 0 Å². The Hall–Kier alpha value is -2.08. The van der Waals surface area contributed by atoms with Gasteiger partial charge < -0.3 is 26.0 Å². The molecule has 1 saturated carbocycles. The van der Waals surface area contributed by atoms with E-state index in [9.17, 15) is 5.11 Å². The Kier molecular flexibility index (Phi) is 10.0. The van der Waals surface area contributed by atoms with E-state index in [1.165, 1.54) is 24.8 Å². The lowest BCUT2D eigenvalue weighted by Crippen LogP contribution is -2.19. The molecule has 1 unspecified atom stereocenters. The molecule has 0 aromatic heterocycles. The van der Waals surface area contributed by atoms with E-state index in [2.05, 4.69) is 38.1 Å². The fourth-order valence-electron chi connectivity index (χ4n) is 4.17. The molecule has 0 spiro atoms. The van der Waals surface area contributed by atoms with Crippen molar-refractivity contribution in [3.8, 4) is 22.6 Å². The Bertz CT molecular complexity index is 864. The van der Waals surface area contributed by atoms with Gasteiger partial charge in [-0.3, -0.25) is 0 Å². The van der Waals surface area contributed by atoms with Crippen LogP contribution in [0.1, 0.15) is 69.6 Å². The number of nitrogens with two attached hydrogens (primary N) is 2. The number of hydrogen-bond donors (Lipinski definition) is 3. The molecular formula is C28H42N2O3. The Morgan fingerprint density at radius 1 is 1.03 bits per heavy atom. The molecule has 0 aliphatic heterocycles. The fourth-order valence-corrected chi connectivity index (χ4v) is 4.17. The van der Waals surface area contributed by atoms with Crippen molar-refractivity contribution in [3.63, 3.8) is 0 Å². The molecule has 182 valence electrons. The van der Waals surface area contributed by atoms with E-state index in [0.29, 0.717) is 38.0 Å². The first kappa shape index (κ1) is 25.5. The van der Waals surface area contributed by atoms with Crippen LogP contribution in [0.15, 0.2) is 36.4 Å². The van der Waals surface area contributed by atoms with Crippen molar-refractivity contribution in [1.82, 2.24) is 0 Å². The maximum absolute atomic E-state index is 10.8. The summed E-state index contributed by atoms with van der Waals surface area (Å²) < 4.78 is 12.5. The van der Waals surface area contributed by atoms with Crippen LogP contribution in [0.25, 0.3) is 11.1 Å². The highest BCUT2D eigenvalue weighted by molar-refractivity contribution is 5.76. The molecule has 1 atom stereocenters. The molecule has 2 aromatic rings. The standard InChI is InChI=1S/C28H42N2O3/c1-20(2)12-15-32-27-10-4-8-22(9-5-13-29)28(27)24-16-23(26(31)11-14-30)17-25(18-24)33-19-21-6-3-7-21/h4,8,10,16-18,20-21,26,31H,3,5-7,9,11-15,19,29-30H2,1-2H3. The third-order valence-corrected chi connectivity index (χ3v) is 6.47. The summed E-state index contributed by atoms with van der Waals surface area (Å²) >= 11 is 0. The van der Waals surface area contributed by atoms with Gasteiger partial charge in [0.25, 0.3) is 0 Å². The van der Waals surface area contributed by atoms with Gasteiger partial charge in [0.1, 0.15) is 11.5 Å². The van der Waals surface area contributed by atoms with Gasteiger partial charge in [-0.25, -0.2) is 0 Å². The van der Waals surface area contributed by atoms with Gasteiger partial charge in [0.15, 0.2) is 0 Å². The van der Waals surface area contributed by atoms with Gasteiger partial charge in [-0.1, -0.05) is 32.4 Å². The van der Waals surface area contributed by atoms with Crippen LogP contribution >= 0.6 is 0 Å². The summed E-state index contributed by atoms with van der Waals surface area (Å²) in [5.41, 5.74) is 15.7. The monoisotopic (exact) mass is 454 g/mol. The maximum Gasteiger partial charge on any atom is 0.127 e. The molecule has 0 radical (unpaired) electrons. The van der Waals surface area contributed by atoms with Crippen LogP contribution in [-0.2, 0) is 6.42 Å². The zero-order valence-electron chi connectivity index (χ0n) is 20.4. The number of benzene rings is 2. The zero-order chi connectivity index (χ0) is 23.6. The molecule has 5 heteroatoms. The normalized spacial score (nSPS) is 14.8. The summed E-state index contributed by atoms with van der Waals surface area (Å²) in [6.45, 7) is 6.88. The van der Waals surface area contributed by atoms with E-state index in [-0.39, 0.29) is 0 Å². The first-order valence-corrected chi connectivity index (χ1v) is 12.6. The molecule has 1 aliphatic carbocycles. The SMILES string of the molecule is CC(C)CCOc1cccc(CCCN)c1-c1cc(OCC2CCC2)cc(C(O)CCN)c1. The topological polar surface area (TPSA) is 90.7 Å². The molecule has 0 heterocycles. The second kappa shape index (κ2) is 13.0. The minimum absolute atomic E-state index is 0.431. The van der Waals surface area contributed by atoms with Gasteiger partial charge in [-0.2, -0.15) is 0 Å². The van der Waals surface area contributed by atoms with E-state index in [4.69, 9.17) is 20.9 Å². The van der Waals surface area contributed by atoms with Crippen LogP contribution in [0, 0.1) is 11.8 Å². The Morgan fingerprint density at radius 3 is 2.52 bits per heavy atom. The molecule has 1 fully saturated rings. The van der Waals surface area contributed by atoms with E-state index < -0.39 is 6.10 Å². The smallest absolute Gasteiger partial charge is 0.127 e. The predicted octanol–water partition coefficient (Wildman–Crippen LogP) is 5.23. The Morgan fingerprint density at radius 2 is 1.85 bits per heavy atom. The highest BCUT2D eigenvalue weighted by Crippen LogP contribution is 2.39. The highest BCUT2D eigenvalue weighted by Gasteiger charge is 2.20. The van der Waals surface area contributed by atoms with E-state index in [1.54, 1.807) is 0 Å². The lowest BCUT2D eigenvalue weighted by Gasteiger charge is -2.26.